The molecule has 0 unspecified atom stereocenters. The van der Waals surface area contributed by atoms with Gasteiger partial charge in [-0.05, 0) is 30.4 Å². The molecule has 118 valence electrons. The van der Waals surface area contributed by atoms with Crippen LogP contribution < -0.4 is 10.2 Å². The minimum atomic E-state index is 0.704. The third-order valence-corrected chi connectivity index (χ3v) is 3.96. The number of methoxy groups -OCH3 is 2. The summed E-state index contributed by atoms with van der Waals surface area (Å²) in [4.78, 5) is 6.97. The molecule has 5 heteroatoms. The highest BCUT2D eigenvalue weighted by Crippen LogP contribution is 2.21. The van der Waals surface area contributed by atoms with Crippen molar-refractivity contribution in [1.82, 2.24) is 10.3 Å². The van der Waals surface area contributed by atoms with Crippen LogP contribution in [0.3, 0.4) is 0 Å². The number of aromatic nitrogens is 1. The molecule has 1 aliphatic rings. The molecule has 0 amide bonds. The van der Waals surface area contributed by atoms with E-state index in [0.717, 1.165) is 45.2 Å². The number of hydrogen-bond acceptors (Lipinski definition) is 5. The predicted octanol–water partition coefficient (Wildman–Crippen LogP) is 1.68. The highest BCUT2D eigenvalue weighted by atomic mass is 16.5. The quantitative estimate of drug-likeness (QED) is 0.739. The van der Waals surface area contributed by atoms with Crippen molar-refractivity contribution in [2.75, 3.05) is 52.0 Å². The molecule has 1 aliphatic heterocycles. The van der Waals surface area contributed by atoms with Gasteiger partial charge < -0.3 is 19.7 Å². The lowest BCUT2D eigenvalue weighted by Gasteiger charge is -2.32. The SMILES string of the molecule is COCCNCc1ccc(N2CCC(COC)CC2)nc1. The van der Waals surface area contributed by atoms with E-state index in [1.165, 1.54) is 18.4 Å². The number of piperidine rings is 1. The summed E-state index contributed by atoms with van der Waals surface area (Å²) >= 11 is 0. The summed E-state index contributed by atoms with van der Waals surface area (Å²) in [5.41, 5.74) is 1.21. The molecule has 1 aromatic rings. The van der Waals surface area contributed by atoms with E-state index < -0.39 is 0 Å². The van der Waals surface area contributed by atoms with Crippen molar-refractivity contribution in [3.8, 4) is 0 Å². The maximum absolute atomic E-state index is 5.24. The van der Waals surface area contributed by atoms with Gasteiger partial charge in [0.15, 0.2) is 0 Å². The minimum absolute atomic E-state index is 0.704. The predicted molar refractivity (Wildman–Crippen MR) is 84.6 cm³/mol. The molecule has 0 atom stereocenters. The summed E-state index contributed by atoms with van der Waals surface area (Å²) in [6.07, 6.45) is 4.35. The highest BCUT2D eigenvalue weighted by molar-refractivity contribution is 5.39. The highest BCUT2D eigenvalue weighted by Gasteiger charge is 2.19. The lowest BCUT2D eigenvalue weighted by atomic mass is 9.98. The van der Waals surface area contributed by atoms with Gasteiger partial charge >= 0.3 is 0 Å². The second kappa shape index (κ2) is 8.97. The monoisotopic (exact) mass is 293 g/mol. The van der Waals surface area contributed by atoms with Crippen molar-refractivity contribution < 1.29 is 9.47 Å². The van der Waals surface area contributed by atoms with E-state index in [1.807, 2.05) is 6.20 Å². The van der Waals surface area contributed by atoms with Gasteiger partial charge in [0.25, 0.3) is 0 Å². The maximum Gasteiger partial charge on any atom is 0.128 e. The lowest BCUT2D eigenvalue weighted by molar-refractivity contribution is 0.139. The van der Waals surface area contributed by atoms with Crippen LogP contribution in [0.15, 0.2) is 18.3 Å². The molecule has 0 bridgehead atoms. The molecule has 1 aromatic heterocycles. The Morgan fingerprint density at radius 3 is 2.67 bits per heavy atom. The number of rotatable bonds is 8. The molecule has 1 saturated heterocycles. The standard InChI is InChI=1S/C16H27N3O2/c1-20-10-7-17-11-15-3-4-16(18-12-15)19-8-5-14(6-9-19)13-21-2/h3-4,12,14,17H,5-11,13H2,1-2H3. The fraction of sp³-hybridized carbons (Fsp3) is 0.688. The number of hydrogen-bond donors (Lipinski definition) is 1. The Morgan fingerprint density at radius 1 is 1.24 bits per heavy atom. The molecule has 0 saturated carbocycles. The van der Waals surface area contributed by atoms with Gasteiger partial charge in [0.05, 0.1) is 6.61 Å². The zero-order chi connectivity index (χ0) is 14.9. The summed E-state index contributed by atoms with van der Waals surface area (Å²) in [5.74, 6) is 1.79. The number of anilines is 1. The van der Waals surface area contributed by atoms with E-state index in [4.69, 9.17) is 9.47 Å². The second-order valence-electron chi connectivity index (χ2n) is 5.58. The Hall–Kier alpha value is -1.17. The number of pyridine rings is 1. The van der Waals surface area contributed by atoms with Crippen LogP contribution in [0.5, 0.6) is 0 Å². The fourth-order valence-corrected chi connectivity index (χ4v) is 2.68. The van der Waals surface area contributed by atoms with Crippen LogP contribution in [0.4, 0.5) is 5.82 Å². The second-order valence-corrected chi connectivity index (χ2v) is 5.58. The van der Waals surface area contributed by atoms with Crippen molar-refractivity contribution in [2.45, 2.75) is 19.4 Å². The molecule has 0 aromatic carbocycles. The molecule has 0 aliphatic carbocycles. The van der Waals surface area contributed by atoms with Crippen LogP contribution in [0.25, 0.3) is 0 Å². The van der Waals surface area contributed by atoms with E-state index in [1.54, 1.807) is 14.2 Å². The van der Waals surface area contributed by atoms with Gasteiger partial charge in [-0.3, -0.25) is 0 Å². The first kappa shape index (κ1) is 16.2. The van der Waals surface area contributed by atoms with Crippen molar-refractivity contribution in [3.05, 3.63) is 23.9 Å². The maximum atomic E-state index is 5.24. The first-order valence-corrected chi connectivity index (χ1v) is 7.72. The topological polar surface area (TPSA) is 46.6 Å². The van der Waals surface area contributed by atoms with E-state index in [2.05, 4.69) is 27.3 Å². The first-order valence-electron chi connectivity index (χ1n) is 7.72. The van der Waals surface area contributed by atoms with Gasteiger partial charge in [0.2, 0.25) is 0 Å². The Bertz CT molecular complexity index is 389. The molecule has 1 N–H and O–H groups in total. The van der Waals surface area contributed by atoms with Crippen LogP contribution in [0, 0.1) is 5.92 Å². The average Bonchev–Trinajstić information content (AvgIpc) is 2.53. The largest absolute Gasteiger partial charge is 0.384 e. The molecule has 1 fully saturated rings. The summed E-state index contributed by atoms with van der Waals surface area (Å²) in [6.45, 7) is 5.48. The minimum Gasteiger partial charge on any atom is -0.384 e. The summed E-state index contributed by atoms with van der Waals surface area (Å²) in [6, 6.07) is 4.29. The van der Waals surface area contributed by atoms with E-state index >= 15 is 0 Å². The molecule has 2 heterocycles. The van der Waals surface area contributed by atoms with Crippen molar-refractivity contribution in [2.24, 2.45) is 5.92 Å². The zero-order valence-corrected chi connectivity index (χ0v) is 13.2. The number of nitrogens with one attached hydrogen (secondary N) is 1. The van der Waals surface area contributed by atoms with Crippen molar-refractivity contribution in [1.29, 1.82) is 0 Å². The Kier molecular flexibility index (Phi) is 6.92. The number of nitrogens with zero attached hydrogens (tertiary/aromatic N) is 2. The Labute approximate surface area is 127 Å². The van der Waals surface area contributed by atoms with Gasteiger partial charge in [-0.2, -0.15) is 0 Å². The van der Waals surface area contributed by atoms with Gasteiger partial charge in [0.1, 0.15) is 5.82 Å². The molecule has 5 nitrogen and oxygen atoms in total. The Morgan fingerprint density at radius 2 is 2.05 bits per heavy atom. The molecule has 0 radical (unpaired) electrons. The van der Waals surface area contributed by atoms with Gasteiger partial charge in [-0.1, -0.05) is 6.07 Å². The van der Waals surface area contributed by atoms with Crippen LogP contribution >= 0.6 is 0 Å². The molecule has 21 heavy (non-hydrogen) atoms. The van der Waals surface area contributed by atoms with Gasteiger partial charge in [0, 0.05) is 53.2 Å². The summed E-state index contributed by atoms with van der Waals surface area (Å²) < 4.78 is 10.3. The third-order valence-electron chi connectivity index (χ3n) is 3.96. The van der Waals surface area contributed by atoms with Crippen LogP contribution in [-0.4, -0.2) is 52.1 Å². The van der Waals surface area contributed by atoms with Gasteiger partial charge in [-0.15, -0.1) is 0 Å². The Balaban J connectivity index is 1.77. The van der Waals surface area contributed by atoms with Gasteiger partial charge in [-0.25, -0.2) is 4.98 Å². The fourth-order valence-electron chi connectivity index (χ4n) is 2.68. The average molecular weight is 293 g/mol. The van der Waals surface area contributed by atoms with Crippen LogP contribution in [-0.2, 0) is 16.0 Å². The van der Waals surface area contributed by atoms with Crippen LogP contribution in [0.1, 0.15) is 18.4 Å². The molecular weight excluding hydrogens is 266 g/mol. The number of ether oxygens (including phenoxy) is 2. The smallest absolute Gasteiger partial charge is 0.128 e. The summed E-state index contributed by atoms with van der Waals surface area (Å²) in [7, 11) is 3.50. The first-order chi connectivity index (χ1) is 10.3. The van der Waals surface area contributed by atoms with Crippen molar-refractivity contribution in [3.63, 3.8) is 0 Å². The van der Waals surface area contributed by atoms with E-state index in [9.17, 15) is 0 Å². The molecule has 2 rings (SSSR count). The zero-order valence-electron chi connectivity index (χ0n) is 13.2. The molecular formula is C16H27N3O2. The van der Waals surface area contributed by atoms with Crippen molar-refractivity contribution >= 4 is 5.82 Å². The molecule has 0 spiro atoms. The van der Waals surface area contributed by atoms with Crippen LogP contribution in [0.2, 0.25) is 0 Å². The third kappa shape index (κ3) is 5.26. The van der Waals surface area contributed by atoms with E-state index in [-0.39, 0.29) is 0 Å². The van der Waals surface area contributed by atoms with E-state index in [0.29, 0.717) is 5.92 Å². The normalized spacial score (nSPS) is 16.4. The summed E-state index contributed by atoms with van der Waals surface area (Å²) in [5, 5.41) is 3.33. The lowest BCUT2D eigenvalue weighted by Crippen LogP contribution is -2.35.